The molecule has 0 spiro atoms. The number of anilines is 1. The van der Waals surface area contributed by atoms with Gasteiger partial charge in [0.25, 0.3) is 0 Å². The normalized spacial score (nSPS) is 21.9. The lowest BCUT2D eigenvalue weighted by Gasteiger charge is -2.40. The molecule has 2 aromatic rings. The Morgan fingerprint density at radius 3 is 2.65 bits per heavy atom. The highest BCUT2D eigenvalue weighted by Gasteiger charge is 2.30. The summed E-state index contributed by atoms with van der Waals surface area (Å²) < 4.78 is 11.6. The minimum atomic E-state index is 0.0265. The first-order valence-electron chi connectivity index (χ1n) is 7.95. The highest BCUT2D eigenvalue weighted by molar-refractivity contribution is 6.35. The van der Waals surface area contributed by atoms with Crippen LogP contribution in [-0.2, 0) is 4.74 Å². The van der Waals surface area contributed by atoms with Gasteiger partial charge in [-0.25, -0.2) is 4.98 Å². The minimum Gasteiger partial charge on any atom is -0.489 e. The fourth-order valence-electron chi connectivity index (χ4n) is 2.99. The molecule has 23 heavy (non-hydrogen) atoms. The Balaban J connectivity index is 2.18. The summed E-state index contributed by atoms with van der Waals surface area (Å²) in [5.74, 6) is 1.42. The molecule has 0 bridgehead atoms. The lowest BCUT2D eigenvalue weighted by Crippen LogP contribution is -2.50. The molecular formula is C17H22ClN3O2. The fraction of sp³-hybridized carbons (Fsp3) is 0.529. The minimum absolute atomic E-state index is 0.0265. The maximum Gasteiger partial charge on any atom is 0.152 e. The van der Waals surface area contributed by atoms with Crippen molar-refractivity contribution >= 4 is 28.3 Å². The number of morpholine rings is 1. The maximum absolute atomic E-state index is 6.71. The van der Waals surface area contributed by atoms with Crippen LogP contribution in [0.3, 0.4) is 0 Å². The van der Waals surface area contributed by atoms with Crippen LogP contribution in [0.5, 0.6) is 5.75 Å². The zero-order chi connectivity index (χ0) is 16.6. The molecular weight excluding hydrogens is 314 g/mol. The smallest absolute Gasteiger partial charge is 0.152 e. The Labute approximate surface area is 141 Å². The second kappa shape index (κ2) is 6.49. The quantitative estimate of drug-likeness (QED) is 0.856. The van der Waals surface area contributed by atoms with Gasteiger partial charge in [-0.3, -0.25) is 4.98 Å². The maximum atomic E-state index is 6.71. The Hall–Kier alpha value is -1.59. The van der Waals surface area contributed by atoms with Crippen molar-refractivity contribution in [3.8, 4) is 5.75 Å². The lowest BCUT2D eigenvalue weighted by molar-refractivity contribution is 0.0752. The molecule has 0 aliphatic carbocycles. The molecule has 5 nitrogen and oxygen atoms in total. The van der Waals surface area contributed by atoms with Gasteiger partial charge in [0.1, 0.15) is 5.02 Å². The van der Waals surface area contributed by atoms with Gasteiger partial charge in [-0.05, 0) is 33.8 Å². The van der Waals surface area contributed by atoms with Crippen molar-refractivity contribution in [2.75, 3.05) is 18.1 Å². The van der Waals surface area contributed by atoms with Gasteiger partial charge < -0.3 is 14.4 Å². The molecule has 6 heteroatoms. The largest absolute Gasteiger partial charge is 0.489 e. The van der Waals surface area contributed by atoms with E-state index in [0.29, 0.717) is 24.0 Å². The molecule has 3 heterocycles. The van der Waals surface area contributed by atoms with Gasteiger partial charge in [0.15, 0.2) is 11.6 Å². The first-order chi connectivity index (χ1) is 11.0. The van der Waals surface area contributed by atoms with Crippen LogP contribution < -0.4 is 9.64 Å². The summed E-state index contributed by atoms with van der Waals surface area (Å²) >= 11 is 6.71. The lowest BCUT2D eigenvalue weighted by atomic mass is 10.1. The van der Waals surface area contributed by atoms with Crippen molar-refractivity contribution in [3.63, 3.8) is 0 Å². The average Bonchev–Trinajstić information content (AvgIpc) is 2.50. The number of fused-ring (bicyclic) bond motifs is 1. The van der Waals surface area contributed by atoms with Crippen LogP contribution >= 0.6 is 11.6 Å². The Morgan fingerprint density at radius 2 is 2.00 bits per heavy atom. The van der Waals surface area contributed by atoms with E-state index in [4.69, 9.17) is 26.1 Å². The van der Waals surface area contributed by atoms with Crippen molar-refractivity contribution in [1.29, 1.82) is 0 Å². The summed E-state index contributed by atoms with van der Waals surface area (Å²) in [5.41, 5.74) is 0.786. The molecule has 1 aliphatic rings. The van der Waals surface area contributed by atoms with Crippen LogP contribution in [0.25, 0.3) is 10.9 Å². The van der Waals surface area contributed by atoms with E-state index in [9.17, 15) is 0 Å². The van der Waals surface area contributed by atoms with Crippen LogP contribution in [0.1, 0.15) is 27.7 Å². The summed E-state index contributed by atoms with van der Waals surface area (Å²) in [6, 6.07) is 2.29. The molecule has 1 fully saturated rings. The molecule has 0 unspecified atom stereocenters. The number of rotatable bonds is 3. The third-order valence-corrected chi connectivity index (χ3v) is 4.27. The molecule has 2 atom stereocenters. The number of halogens is 1. The topological polar surface area (TPSA) is 47.5 Å². The molecule has 1 aliphatic heterocycles. The monoisotopic (exact) mass is 335 g/mol. The number of nitrogens with zero attached hydrogens (tertiary/aromatic N) is 3. The predicted octanol–water partition coefficient (Wildman–Crippen LogP) is 3.68. The van der Waals surface area contributed by atoms with Gasteiger partial charge in [-0.15, -0.1) is 0 Å². The van der Waals surface area contributed by atoms with Crippen molar-refractivity contribution in [2.45, 2.75) is 45.9 Å². The highest BCUT2D eigenvalue weighted by atomic mass is 35.5. The van der Waals surface area contributed by atoms with E-state index in [1.165, 1.54) is 0 Å². The standard InChI is InChI=1S/C17H22ClN3O2/c1-10(2)23-16-13-5-6-19-7-14(13)20-17(15(16)18)21-11(3)8-22-9-12(21)4/h5-7,10-12H,8-9H2,1-4H3/t11-,12-/m1/s1. The second-order valence-electron chi connectivity index (χ2n) is 6.28. The SMILES string of the molecule is CC(C)Oc1c(Cl)c(N2[C@H](C)COC[C@H]2C)nc2cnccc12. The van der Waals surface area contributed by atoms with E-state index in [0.717, 1.165) is 16.7 Å². The molecule has 0 N–H and O–H groups in total. The van der Waals surface area contributed by atoms with Gasteiger partial charge in [0.2, 0.25) is 0 Å². The van der Waals surface area contributed by atoms with Gasteiger partial charge >= 0.3 is 0 Å². The van der Waals surface area contributed by atoms with Gasteiger partial charge in [-0.1, -0.05) is 11.6 Å². The van der Waals surface area contributed by atoms with Crippen molar-refractivity contribution in [3.05, 3.63) is 23.5 Å². The van der Waals surface area contributed by atoms with Crippen molar-refractivity contribution < 1.29 is 9.47 Å². The molecule has 124 valence electrons. The number of aromatic nitrogens is 2. The molecule has 0 saturated carbocycles. The van der Waals surface area contributed by atoms with Crippen LogP contribution in [-0.4, -0.2) is 41.4 Å². The Morgan fingerprint density at radius 1 is 1.30 bits per heavy atom. The number of pyridine rings is 2. The first kappa shape index (κ1) is 16.3. The van der Waals surface area contributed by atoms with Gasteiger partial charge in [0, 0.05) is 11.6 Å². The molecule has 0 aromatic carbocycles. The van der Waals surface area contributed by atoms with E-state index in [1.54, 1.807) is 12.4 Å². The summed E-state index contributed by atoms with van der Waals surface area (Å²) in [7, 11) is 0. The van der Waals surface area contributed by atoms with Gasteiger partial charge in [0.05, 0.1) is 43.1 Å². The summed E-state index contributed by atoms with van der Waals surface area (Å²) in [6.07, 6.45) is 3.50. The van der Waals surface area contributed by atoms with Crippen LogP contribution in [0.4, 0.5) is 5.82 Å². The first-order valence-corrected chi connectivity index (χ1v) is 8.32. The van der Waals surface area contributed by atoms with E-state index < -0.39 is 0 Å². The van der Waals surface area contributed by atoms with Gasteiger partial charge in [-0.2, -0.15) is 0 Å². The molecule has 1 saturated heterocycles. The number of hydrogen-bond acceptors (Lipinski definition) is 5. The van der Waals surface area contributed by atoms with Crippen LogP contribution in [0.2, 0.25) is 5.02 Å². The van der Waals surface area contributed by atoms with E-state index >= 15 is 0 Å². The molecule has 2 aromatic heterocycles. The molecule has 0 amide bonds. The summed E-state index contributed by atoms with van der Waals surface area (Å²) in [5, 5.41) is 1.44. The van der Waals surface area contributed by atoms with E-state index in [-0.39, 0.29) is 18.2 Å². The molecule has 0 radical (unpaired) electrons. The van der Waals surface area contributed by atoms with Crippen LogP contribution in [0, 0.1) is 0 Å². The highest BCUT2D eigenvalue weighted by Crippen LogP contribution is 2.41. The third-order valence-electron chi connectivity index (χ3n) is 3.93. The Kier molecular flexibility index (Phi) is 4.60. The summed E-state index contributed by atoms with van der Waals surface area (Å²) in [4.78, 5) is 11.2. The van der Waals surface area contributed by atoms with E-state index in [1.807, 2.05) is 19.9 Å². The van der Waals surface area contributed by atoms with Crippen molar-refractivity contribution in [1.82, 2.24) is 9.97 Å². The zero-order valence-corrected chi connectivity index (χ0v) is 14.7. The average molecular weight is 336 g/mol. The number of ether oxygens (including phenoxy) is 2. The molecule has 3 rings (SSSR count). The summed E-state index contributed by atoms with van der Waals surface area (Å²) in [6.45, 7) is 9.53. The Bertz CT molecular complexity index is 698. The fourth-order valence-corrected chi connectivity index (χ4v) is 3.28. The van der Waals surface area contributed by atoms with Crippen LogP contribution in [0.15, 0.2) is 18.5 Å². The zero-order valence-electron chi connectivity index (χ0n) is 13.9. The van der Waals surface area contributed by atoms with Crippen molar-refractivity contribution in [2.24, 2.45) is 0 Å². The second-order valence-corrected chi connectivity index (χ2v) is 6.66. The van der Waals surface area contributed by atoms with E-state index in [2.05, 4.69) is 23.7 Å². The predicted molar refractivity (Wildman–Crippen MR) is 92.5 cm³/mol. The number of hydrogen-bond donors (Lipinski definition) is 0. The third kappa shape index (κ3) is 3.08.